The molecule has 0 fully saturated rings. The number of nitrogens with zero attached hydrogens (tertiary/aromatic N) is 2. The summed E-state index contributed by atoms with van der Waals surface area (Å²) >= 11 is 0. The zero-order valence-corrected chi connectivity index (χ0v) is 13.3. The number of rotatable bonds is 3. The number of amides is 2. The van der Waals surface area contributed by atoms with Gasteiger partial charge in [0, 0.05) is 30.9 Å². The maximum Gasteiger partial charge on any atom is 0.271 e. The highest BCUT2D eigenvalue weighted by atomic mass is 16.6. The van der Waals surface area contributed by atoms with Crippen molar-refractivity contribution in [2.45, 2.75) is 6.42 Å². The van der Waals surface area contributed by atoms with Gasteiger partial charge < -0.3 is 5.32 Å². The standard InChI is InChI=1S/C18H15N3O4/c22-17-14-3-1-2-4-15(14)18(23)20(17)10-11-7-12-5-6-13(21(24)25)8-16(12)19-9-11/h1-6,8,11,19H,7,9-10H2/t11-/m0/s1. The van der Waals surface area contributed by atoms with Gasteiger partial charge in [-0.2, -0.15) is 0 Å². The molecule has 0 aromatic heterocycles. The third kappa shape index (κ3) is 2.53. The van der Waals surface area contributed by atoms with E-state index in [2.05, 4.69) is 5.32 Å². The van der Waals surface area contributed by atoms with Crippen molar-refractivity contribution in [3.63, 3.8) is 0 Å². The number of non-ortho nitro benzene ring substituents is 1. The fourth-order valence-corrected chi connectivity index (χ4v) is 3.45. The van der Waals surface area contributed by atoms with Crippen LogP contribution in [-0.4, -0.2) is 34.7 Å². The summed E-state index contributed by atoms with van der Waals surface area (Å²) in [6, 6.07) is 11.6. The quantitative estimate of drug-likeness (QED) is 0.528. The SMILES string of the molecule is O=C1c2ccccc2C(=O)N1C[C@@H]1CNc2cc([N+](=O)[O-])ccc2C1. The molecule has 126 valence electrons. The molecule has 2 aromatic carbocycles. The van der Waals surface area contributed by atoms with Gasteiger partial charge in [-0.1, -0.05) is 18.2 Å². The lowest BCUT2D eigenvalue weighted by Gasteiger charge is -2.28. The highest BCUT2D eigenvalue weighted by molar-refractivity contribution is 6.21. The van der Waals surface area contributed by atoms with Gasteiger partial charge in [0.2, 0.25) is 0 Å². The van der Waals surface area contributed by atoms with Crippen molar-refractivity contribution >= 4 is 23.2 Å². The number of carbonyl (C=O) groups is 2. The molecule has 2 amide bonds. The topological polar surface area (TPSA) is 92.6 Å². The number of hydrogen-bond acceptors (Lipinski definition) is 5. The predicted molar refractivity (Wildman–Crippen MR) is 90.6 cm³/mol. The maximum atomic E-state index is 12.5. The Kier molecular flexibility index (Phi) is 3.49. The minimum Gasteiger partial charge on any atom is -0.384 e. The van der Waals surface area contributed by atoms with E-state index in [4.69, 9.17) is 0 Å². The summed E-state index contributed by atoms with van der Waals surface area (Å²) in [7, 11) is 0. The van der Waals surface area contributed by atoms with Crippen LogP contribution in [0.4, 0.5) is 11.4 Å². The van der Waals surface area contributed by atoms with Gasteiger partial charge in [-0.15, -0.1) is 0 Å². The molecule has 0 unspecified atom stereocenters. The predicted octanol–water partition coefficient (Wildman–Crippen LogP) is 2.48. The van der Waals surface area contributed by atoms with E-state index in [9.17, 15) is 19.7 Å². The number of hydrogen-bond donors (Lipinski definition) is 1. The molecule has 4 rings (SSSR count). The van der Waals surface area contributed by atoms with Crippen molar-refractivity contribution in [3.8, 4) is 0 Å². The van der Waals surface area contributed by atoms with Crippen molar-refractivity contribution in [1.82, 2.24) is 4.90 Å². The van der Waals surface area contributed by atoms with Crippen molar-refractivity contribution < 1.29 is 14.5 Å². The third-order valence-electron chi connectivity index (χ3n) is 4.71. The van der Waals surface area contributed by atoms with Gasteiger partial charge in [-0.25, -0.2) is 0 Å². The largest absolute Gasteiger partial charge is 0.384 e. The van der Waals surface area contributed by atoms with Crippen LogP contribution in [0.3, 0.4) is 0 Å². The molecule has 0 spiro atoms. The Morgan fingerprint density at radius 2 is 1.80 bits per heavy atom. The van der Waals surface area contributed by atoms with Gasteiger partial charge in [0.1, 0.15) is 0 Å². The average Bonchev–Trinajstić information content (AvgIpc) is 2.86. The number of imide groups is 1. The molecule has 2 aliphatic rings. The number of nitrogens with one attached hydrogen (secondary N) is 1. The minimum atomic E-state index is -0.424. The number of fused-ring (bicyclic) bond motifs is 2. The first kappa shape index (κ1) is 15.3. The number of nitro groups is 1. The van der Waals surface area contributed by atoms with Crippen LogP contribution in [0.15, 0.2) is 42.5 Å². The minimum absolute atomic E-state index is 0.0463. The fraction of sp³-hybridized carbons (Fsp3) is 0.222. The van der Waals surface area contributed by atoms with E-state index >= 15 is 0 Å². The maximum absolute atomic E-state index is 12.5. The van der Waals surface area contributed by atoms with E-state index in [1.165, 1.54) is 17.0 Å². The smallest absolute Gasteiger partial charge is 0.271 e. The summed E-state index contributed by atoms with van der Waals surface area (Å²) in [6.07, 6.45) is 0.660. The van der Waals surface area contributed by atoms with Crippen LogP contribution in [0.1, 0.15) is 26.3 Å². The number of anilines is 1. The van der Waals surface area contributed by atoms with Crippen LogP contribution in [0, 0.1) is 16.0 Å². The van der Waals surface area contributed by atoms with E-state index in [1.54, 1.807) is 30.3 Å². The van der Waals surface area contributed by atoms with Crippen molar-refractivity contribution in [3.05, 3.63) is 69.3 Å². The van der Waals surface area contributed by atoms with Gasteiger partial charge in [-0.05, 0) is 30.0 Å². The first-order valence-corrected chi connectivity index (χ1v) is 8.01. The van der Waals surface area contributed by atoms with E-state index in [0.29, 0.717) is 30.6 Å². The molecule has 2 heterocycles. The fourth-order valence-electron chi connectivity index (χ4n) is 3.45. The zero-order chi connectivity index (χ0) is 17.6. The molecule has 2 aromatic rings. The molecule has 0 radical (unpaired) electrons. The molecule has 0 bridgehead atoms. The summed E-state index contributed by atoms with van der Waals surface area (Å²) in [6.45, 7) is 0.886. The molecular formula is C18H15N3O4. The molecule has 0 saturated carbocycles. The molecule has 0 saturated heterocycles. The molecular weight excluding hydrogens is 322 g/mol. The highest BCUT2D eigenvalue weighted by Gasteiger charge is 2.36. The summed E-state index contributed by atoms with van der Waals surface area (Å²) in [5.41, 5.74) is 2.65. The normalized spacial score (nSPS) is 18.6. The first-order chi connectivity index (χ1) is 12.0. The van der Waals surface area contributed by atoms with Crippen LogP contribution in [0.25, 0.3) is 0 Å². The van der Waals surface area contributed by atoms with E-state index in [-0.39, 0.29) is 23.4 Å². The molecule has 0 aliphatic carbocycles. The summed E-state index contributed by atoms with van der Waals surface area (Å²) in [5.74, 6) is -0.443. The van der Waals surface area contributed by atoms with Crippen LogP contribution in [0.2, 0.25) is 0 Å². The Hall–Kier alpha value is -3.22. The van der Waals surface area contributed by atoms with Gasteiger partial charge in [0.25, 0.3) is 17.5 Å². The van der Waals surface area contributed by atoms with E-state index in [1.807, 2.05) is 0 Å². The number of carbonyl (C=O) groups excluding carboxylic acids is 2. The molecule has 2 aliphatic heterocycles. The molecule has 25 heavy (non-hydrogen) atoms. The Balaban J connectivity index is 1.51. The molecule has 1 atom stereocenters. The summed E-state index contributed by atoms with van der Waals surface area (Å²) in [4.78, 5) is 36.6. The highest BCUT2D eigenvalue weighted by Crippen LogP contribution is 2.30. The average molecular weight is 337 g/mol. The first-order valence-electron chi connectivity index (χ1n) is 8.01. The van der Waals surface area contributed by atoms with Gasteiger partial charge in [0.05, 0.1) is 16.1 Å². The lowest BCUT2D eigenvalue weighted by atomic mass is 9.93. The van der Waals surface area contributed by atoms with Gasteiger partial charge >= 0.3 is 0 Å². The van der Waals surface area contributed by atoms with Crippen molar-refractivity contribution in [2.75, 3.05) is 18.4 Å². The van der Waals surface area contributed by atoms with Crippen molar-refractivity contribution in [2.24, 2.45) is 5.92 Å². The molecule has 7 nitrogen and oxygen atoms in total. The Labute approximate surface area is 143 Å². The second-order valence-corrected chi connectivity index (χ2v) is 6.32. The zero-order valence-electron chi connectivity index (χ0n) is 13.3. The Bertz CT molecular complexity index is 874. The van der Waals surface area contributed by atoms with Crippen molar-refractivity contribution in [1.29, 1.82) is 0 Å². The van der Waals surface area contributed by atoms with Gasteiger partial charge in [0.15, 0.2) is 0 Å². The third-order valence-corrected chi connectivity index (χ3v) is 4.71. The molecule has 7 heteroatoms. The Morgan fingerprint density at radius 1 is 1.12 bits per heavy atom. The number of nitro benzene ring substituents is 1. The van der Waals surface area contributed by atoms with E-state index in [0.717, 1.165) is 11.3 Å². The Morgan fingerprint density at radius 3 is 2.44 bits per heavy atom. The second kappa shape index (κ2) is 5.70. The lowest BCUT2D eigenvalue weighted by molar-refractivity contribution is -0.384. The van der Waals surface area contributed by atoms with Crippen LogP contribution in [0.5, 0.6) is 0 Å². The monoisotopic (exact) mass is 337 g/mol. The van der Waals surface area contributed by atoms with Gasteiger partial charge in [-0.3, -0.25) is 24.6 Å². The lowest BCUT2D eigenvalue weighted by Crippen LogP contribution is -2.39. The van der Waals surface area contributed by atoms with E-state index < -0.39 is 4.92 Å². The van der Waals surface area contributed by atoms with Crippen LogP contribution in [-0.2, 0) is 6.42 Å². The summed E-state index contributed by atoms with van der Waals surface area (Å²) in [5, 5.41) is 14.0. The van der Waals surface area contributed by atoms with Crippen LogP contribution >= 0.6 is 0 Å². The number of benzene rings is 2. The summed E-state index contributed by atoms with van der Waals surface area (Å²) < 4.78 is 0. The molecule has 1 N–H and O–H groups in total. The van der Waals surface area contributed by atoms with Crippen LogP contribution < -0.4 is 5.32 Å². The second-order valence-electron chi connectivity index (χ2n) is 6.32.